The van der Waals surface area contributed by atoms with Gasteiger partial charge in [-0.15, -0.1) is 0 Å². The van der Waals surface area contributed by atoms with Gasteiger partial charge in [0.25, 0.3) is 0 Å². The van der Waals surface area contributed by atoms with Gasteiger partial charge < -0.3 is 4.29 Å². The second-order valence-electron chi connectivity index (χ2n) is 1.87. The molecule has 58 valence electrons. The monoisotopic (exact) mass is 174 g/mol. The highest BCUT2D eigenvalue weighted by molar-refractivity contribution is 6.15. The summed E-state index contributed by atoms with van der Waals surface area (Å²) in [7, 11) is 0. The van der Waals surface area contributed by atoms with E-state index in [0.29, 0.717) is 0 Å². The number of halogens is 2. The molecule has 0 aromatic heterocycles. The van der Waals surface area contributed by atoms with E-state index in [0.717, 1.165) is 12.1 Å². The molecule has 0 aliphatic carbocycles. The standard InChI is InChI=1S/C7H4ClFO2/c8-11-7(10)5-1-3-6(9)4-2-5/h1-4H. The lowest BCUT2D eigenvalue weighted by atomic mass is 10.2. The van der Waals surface area contributed by atoms with Gasteiger partial charge in [0, 0.05) is 0 Å². The van der Waals surface area contributed by atoms with E-state index in [1.54, 1.807) is 0 Å². The van der Waals surface area contributed by atoms with Crippen molar-refractivity contribution in [2.24, 2.45) is 0 Å². The zero-order chi connectivity index (χ0) is 8.27. The first-order valence-electron chi connectivity index (χ1n) is 2.82. The van der Waals surface area contributed by atoms with Gasteiger partial charge in [-0.2, -0.15) is 0 Å². The number of carbonyl (C=O) groups excluding carboxylic acids is 1. The first-order chi connectivity index (χ1) is 5.24. The van der Waals surface area contributed by atoms with Crippen molar-refractivity contribution in [3.63, 3.8) is 0 Å². The summed E-state index contributed by atoms with van der Waals surface area (Å²) in [4.78, 5) is 10.6. The molecule has 0 fully saturated rings. The Balaban J connectivity index is 2.90. The molecule has 0 unspecified atom stereocenters. The van der Waals surface area contributed by atoms with Crippen molar-refractivity contribution in [2.45, 2.75) is 0 Å². The lowest BCUT2D eigenvalue weighted by molar-refractivity contribution is 0.0751. The van der Waals surface area contributed by atoms with Gasteiger partial charge >= 0.3 is 5.97 Å². The molecular formula is C7H4ClFO2. The maximum atomic E-state index is 12.3. The molecule has 1 rings (SSSR count). The lowest BCUT2D eigenvalue weighted by Crippen LogP contribution is -1.96. The highest BCUT2D eigenvalue weighted by Gasteiger charge is 2.04. The Hall–Kier alpha value is -1.09. The van der Waals surface area contributed by atoms with Crippen molar-refractivity contribution in [3.8, 4) is 0 Å². The molecule has 0 aliphatic heterocycles. The first kappa shape index (κ1) is 8.01. The van der Waals surface area contributed by atoms with Gasteiger partial charge in [0.05, 0.1) is 5.56 Å². The van der Waals surface area contributed by atoms with Gasteiger partial charge in [0.2, 0.25) is 0 Å². The Morgan fingerprint density at radius 3 is 2.36 bits per heavy atom. The zero-order valence-corrected chi connectivity index (χ0v) is 6.14. The van der Waals surface area contributed by atoms with Crippen molar-refractivity contribution in [1.29, 1.82) is 0 Å². The lowest BCUT2D eigenvalue weighted by Gasteiger charge is -1.93. The van der Waals surface area contributed by atoms with Gasteiger partial charge in [-0.1, -0.05) is 0 Å². The molecule has 0 bridgehead atoms. The third kappa shape index (κ3) is 1.91. The van der Waals surface area contributed by atoms with E-state index in [9.17, 15) is 9.18 Å². The van der Waals surface area contributed by atoms with Gasteiger partial charge in [-0.3, -0.25) is 0 Å². The van der Waals surface area contributed by atoms with E-state index < -0.39 is 11.8 Å². The van der Waals surface area contributed by atoms with Crippen LogP contribution in [0.15, 0.2) is 24.3 Å². The van der Waals surface area contributed by atoms with Crippen LogP contribution in [0.25, 0.3) is 0 Å². The van der Waals surface area contributed by atoms with Crippen LogP contribution in [0.2, 0.25) is 0 Å². The van der Waals surface area contributed by atoms with E-state index in [4.69, 9.17) is 11.9 Å². The van der Waals surface area contributed by atoms with Crippen LogP contribution >= 0.6 is 11.9 Å². The van der Waals surface area contributed by atoms with Crippen LogP contribution in [-0.4, -0.2) is 5.97 Å². The molecule has 0 spiro atoms. The smallest absolute Gasteiger partial charge is 0.343 e. The van der Waals surface area contributed by atoms with Gasteiger partial charge in [0.15, 0.2) is 0 Å². The minimum absolute atomic E-state index is 0.224. The second-order valence-corrected chi connectivity index (χ2v) is 2.03. The summed E-state index contributed by atoms with van der Waals surface area (Å²) in [5, 5.41) is 0. The zero-order valence-electron chi connectivity index (χ0n) is 5.38. The highest BCUT2D eigenvalue weighted by Crippen LogP contribution is 2.04. The molecule has 0 aliphatic rings. The molecule has 1 aromatic carbocycles. The minimum Gasteiger partial charge on any atom is -0.343 e. The van der Waals surface area contributed by atoms with Gasteiger partial charge in [-0.05, 0) is 24.3 Å². The predicted octanol–water partition coefficient (Wildman–Crippen LogP) is 2.14. The average molecular weight is 175 g/mol. The van der Waals surface area contributed by atoms with Crippen molar-refractivity contribution in [3.05, 3.63) is 35.6 Å². The quantitative estimate of drug-likeness (QED) is 0.652. The largest absolute Gasteiger partial charge is 0.356 e. The Kier molecular flexibility index (Phi) is 2.44. The van der Waals surface area contributed by atoms with E-state index in [2.05, 4.69) is 4.29 Å². The summed E-state index contributed by atoms with van der Waals surface area (Å²) in [6, 6.07) is 4.90. The highest BCUT2D eigenvalue weighted by atomic mass is 35.5. The Bertz CT molecular complexity index is 258. The Morgan fingerprint density at radius 1 is 1.36 bits per heavy atom. The molecule has 0 N–H and O–H groups in total. The predicted molar refractivity (Wildman–Crippen MR) is 37.7 cm³/mol. The van der Waals surface area contributed by atoms with Crippen molar-refractivity contribution < 1.29 is 13.5 Å². The molecule has 0 atom stereocenters. The molecular weight excluding hydrogens is 171 g/mol. The van der Waals surface area contributed by atoms with Crippen LogP contribution in [0, 0.1) is 5.82 Å². The fourth-order valence-electron chi connectivity index (χ4n) is 0.631. The maximum Gasteiger partial charge on any atom is 0.356 e. The number of hydrogen-bond donors (Lipinski definition) is 0. The summed E-state index contributed by atoms with van der Waals surface area (Å²) >= 11 is 4.78. The van der Waals surface area contributed by atoms with E-state index in [1.165, 1.54) is 12.1 Å². The molecule has 11 heavy (non-hydrogen) atoms. The summed E-state index contributed by atoms with van der Waals surface area (Å²) in [5.41, 5.74) is 0.224. The minimum atomic E-state index is -0.688. The van der Waals surface area contributed by atoms with Crippen molar-refractivity contribution >= 4 is 17.8 Å². The third-order valence-corrected chi connectivity index (χ3v) is 1.29. The van der Waals surface area contributed by atoms with Crippen molar-refractivity contribution in [1.82, 2.24) is 0 Å². The molecule has 2 nitrogen and oxygen atoms in total. The number of rotatable bonds is 1. The summed E-state index contributed by atoms with van der Waals surface area (Å²) in [5.74, 6) is -1.09. The number of carbonyl (C=O) groups is 1. The first-order valence-corrected chi connectivity index (χ1v) is 3.13. The van der Waals surface area contributed by atoms with Crippen LogP contribution in [0.1, 0.15) is 10.4 Å². The van der Waals surface area contributed by atoms with E-state index in [1.807, 2.05) is 0 Å². The molecule has 0 saturated carbocycles. The molecule has 4 heteroatoms. The van der Waals surface area contributed by atoms with Gasteiger partial charge in [0.1, 0.15) is 17.7 Å². The van der Waals surface area contributed by atoms with Gasteiger partial charge in [-0.25, -0.2) is 9.18 Å². The molecule has 0 heterocycles. The van der Waals surface area contributed by atoms with Crippen molar-refractivity contribution in [2.75, 3.05) is 0 Å². The maximum absolute atomic E-state index is 12.3. The van der Waals surface area contributed by atoms with Crippen LogP contribution in [-0.2, 0) is 4.29 Å². The number of benzene rings is 1. The average Bonchev–Trinajstić information content (AvgIpc) is 2.05. The summed E-state index contributed by atoms with van der Waals surface area (Å²) in [6.07, 6.45) is 0. The molecule has 0 amide bonds. The van der Waals surface area contributed by atoms with Crippen LogP contribution in [0.4, 0.5) is 4.39 Å². The fourth-order valence-corrected chi connectivity index (χ4v) is 0.720. The topological polar surface area (TPSA) is 26.3 Å². The molecule has 1 aromatic rings. The van der Waals surface area contributed by atoms with E-state index >= 15 is 0 Å². The fraction of sp³-hybridized carbons (Fsp3) is 0. The third-order valence-electron chi connectivity index (χ3n) is 1.15. The van der Waals surface area contributed by atoms with Crippen LogP contribution in [0.5, 0.6) is 0 Å². The normalized spacial score (nSPS) is 9.27. The van der Waals surface area contributed by atoms with Crippen LogP contribution in [0.3, 0.4) is 0 Å². The summed E-state index contributed by atoms with van der Waals surface area (Å²) in [6.45, 7) is 0. The Labute approximate surface area is 67.7 Å². The van der Waals surface area contributed by atoms with Crippen LogP contribution < -0.4 is 0 Å². The summed E-state index contributed by atoms with van der Waals surface area (Å²) < 4.78 is 16.2. The SMILES string of the molecule is O=C(OCl)c1ccc(F)cc1. The second kappa shape index (κ2) is 3.34. The molecule has 0 saturated heterocycles. The molecule has 0 radical (unpaired) electrons. The number of hydrogen-bond acceptors (Lipinski definition) is 2. The Morgan fingerprint density at radius 2 is 1.91 bits per heavy atom. The van der Waals surface area contributed by atoms with E-state index in [-0.39, 0.29) is 5.56 Å².